The van der Waals surface area contributed by atoms with Crippen LogP contribution in [0.5, 0.6) is 0 Å². The average molecular weight is 379 g/mol. The lowest BCUT2D eigenvalue weighted by Crippen LogP contribution is -2.13. The van der Waals surface area contributed by atoms with E-state index in [-0.39, 0.29) is 23.3 Å². The fourth-order valence-electron chi connectivity index (χ4n) is 2.56. The van der Waals surface area contributed by atoms with Gasteiger partial charge in [-0.05, 0) is 61.0 Å². The molecular formula is C22H18FNO2S. The second-order valence-corrected chi connectivity index (χ2v) is 7.06. The van der Waals surface area contributed by atoms with Crippen LogP contribution in [0.3, 0.4) is 0 Å². The van der Waals surface area contributed by atoms with Crippen molar-refractivity contribution < 1.29 is 14.0 Å². The van der Waals surface area contributed by atoms with Crippen molar-refractivity contribution in [2.45, 2.75) is 11.8 Å². The number of halogens is 1. The number of amides is 1. The summed E-state index contributed by atoms with van der Waals surface area (Å²) in [5.41, 5.74) is 2.68. The Balaban J connectivity index is 1.63. The Morgan fingerprint density at radius 3 is 2.44 bits per heavy atom. The van der Waals surface area contributed by atoms with Crippen molar-refractivity contribution in [3.05, 3.63) is 95.3 Å². The van der Waals surface area contributed by atoms with Crippen LogP contribution in [-0.2, 0) is 0 Å². The number of hydrogen-bond acceptors (Lipinski definition) is 3. The minimum absolute atomic E-state index is 0.0747. The maximum Gasteiger partial charge on any atom is 0.255 e. The fourth-order valence-corrected chi connectivity index (χ4v) is 3.41. The van der Waals surface area contributed by atoms with E-state index in [0.29, 0.717) is 16.8 Å². The molecule has 0 atom stereocenters. The highest BCUT2D eigenvalue weighted by Crippen LogP contribution is 2.23. The van der Waals surface area contributed by atoms with Crippen LogP contribution in [0.1, 0.15) is 26.3 Å². The molecule has 0 aliphatic carbocycles. The normalized spacial score (nSPS) is 10.4. The zero-order valence-corrected chi connectivity index (χ0v) is 15.6. The van der Waals surface area contributed by atoms with Crippen LogP contribution in [0, 0.1) is 12.7 Å². The van der Waals surface area contributed by atoms with Gasteiger partial charge in [0, 0.05) is 21.7 Å². The molecule has 5 heteroatoms. The smallest absolute Gasteiger partial charge is 0.255 e. The molecule has 3 aromatic rings. The predicted octanol–water partition coefficient (Wildman–Crippen LogP) is 5.36. The van der Waals surface area contributed by atoms with Gasteiger partial charge in [0.25, 0.3) is 5.91 Å². The highest BCUT2D eigenvalue weighted by Gasteiger charge is 2.10. The van der Waals surface area contributed by atoms with Gasteiger partial charge in [0.1, 0.15) is 5.82 Å². The lowest BCUT2D eigenvalue weighted by Gasteiger charge is -2.09. The number of anilines is 1. The van der Waals surface area contributed by atoms with Gasteiger partial charge in [-0.3, -0.25) is 9.59 Å². The van der Waals surface area contributed by atoms with E-state index < -0.39 is 0 Å². The third-order valence-electron chi connectivity index (χ3n) is 4.02. The average Bonchev–Trinajstić information content (AvgIpc) is 2.67. The van der Waals surface area contributed by atoms with Gasteiger partial charge in [0.05, 0.1) is 5.75 Å². The van der Waals surface area contributed by atoms with Crippen molar-refractivity contribution in [2.75, 3.05) is 11.1 Å². The summed E-state index contributed by atoms with van der Waals surface area (Å²) in [6, 6.07) is 20.3. The van der Waals surface area contributed by atoms with Gasteiger partial charge in [-0.2, -0.15) is 0 Å². The fraction of sp³-hybridized carbons (Fsp3) is 0.0909. The van der Waals surface area contributed by atoms with Crippen molar-refractivity contribution in [1.29, 1.82) is 0 Å². The summed E-state index contributed by atoms with van der Waals surface area (Å²) in [5, 5.41) is 2.89. The van der Waals surface area contributed by atoms with E-state index >= 15 is 0 Å². The largest absolute Gasteiger partial charge is 0.322 e. The summed E-state index contributed by atoms with van der Waals surface area (Å²) >= 11 is 1.37. The SMILES string of the molecule is Cc1ccccc1C(=O)Nc1cccc(SCC(=O)c2ccc(F)cc2)c1. The zero-order chi connectivity index (χ0) is 19.2. The van der Waals surface area contributed by atoms with Gasteiger partial charge in [-0.15, -0.1) is 11.8 Å². The van der Waals surface area contributed by atoms with Crippen molar-refractivity contribution in [1.82, 2.24) is 0 Å². The molecule has 0 spiro atoms. The summed E-state index contributed by atoms with van der Waals surface area (Å²) in [7, 11) is 0. The number of aryl methyl sites for hydroxylation is 1. The third-order valence-corrected chi connectivity index (χ3v) is 5.01. The van der Waals surface area contributed by atoms with Gasteiger partial charge in [0.15, 0.2) is 5.78 Å². The van der Waals surface area contributed by atoms with Crippen molar-refractivity contribution in [3.8, 4) is 0 Å². The van der Waals surface area contributed by atoms with E-state index in [2.05, 4.69) is 5.32 Å². The molecule has 3 nitrogen and oxygen atoms in total. The van der Waals surface area contributed by atoms with Crippen molar-refractivity contribution in [2.24, 2.45) is 0 Å². The number of ketones is 1. The molecule has 0 aliphatic heterocycles. The van der Waals surface area contributed by atoms with Gasteiger partial charge >= 0.3 is 0 Å². The lowest BCUT2D eigenvalue weighted by atomic mass is 10.1. The summed E-state index contributed by atoms with van der Waals surface area (Å²) in [5.74, 6) is -0.371. The van der Waals surface area contributed by atoms with Crippen LogP contribution in [0.25, 0.3) is 0 Å². The quantitative estimate of drug-likeness (QED) is 0.463. The number of rotatable bonds is 6. The van der Waals surface area contributed by atoms with Gasteiger partial charge in [-0.1, -0.05) is 24.3 Å². The summed E-state index contributed by atoms with van der Waals surface area (Å²) in [6.45, 7) is 1.89. The number of carbonyl (C=O) groups is 2. The van der Waals surface area contributed by atoms with Crippen LogP contribution < -0.4 is 5.32 Å². The highest BCUT2D eigenvalue weighted by molar-refractivity contribution is 8.00. The molecule has 3 aromatic carbocycles. The van der Waals surface area contributed by atoms with Crippen molar-refractivity contribution in [3.63, 3.8) is 0 Å². The molecule has 136 valence electrons. The minimum atomic E-state index is -0.365. The standard InChI is InChI=1S/C22H18FNO2S/c1-15-5-2-3-8-20(15)22(26)24-18-6-4-7-19(13-18)27-14-21(25)16-9-11-17(23)12-10-16/h2-13H,14H2,1H3,(H,24,26). The molecule has 1 amide bonds. The molecule has 0 saturated carbocycles. The van der Waals surface area contributed by atoms with Crippen LogP contribution in [0.15, 0.2) is 77.7 Å². The first-order valence-corrected chi connectivity index (χ1v) is 9.40. The van der Waals surface area contributed by atoms with Crippen molar-refractivity contribution >= 4 is 29.1 Å². The molecule has 0 saturated heterocycles. The Bertz CT molecular complexity index is 970. The zero-order valence-electron chi connectivity index (χ0n) is 14.7. The number of nitrogens with one attached hydrogen (secondary N) is 1. The van der Waals surface area contributed by atoms with Crippen LogP contribution in [0.4, 0.5) is 10.1 Å². The maximum absolute atomic E-state index is 12.9. The number of thioether (sulfide) groups is 1. The molecule has 27 heavy (non-hydrogen) atoms. The first kappa shape index (κ1) is 18.9. The molecule has 0 heterocycles. The first-order chi connectivity index (χ1) is 13.0. The number of Topliss-reactive ketones (excluding diaryl/α,β-unsaturated/α-hetero) is 1. The monoisotopic (exact) mass is 379 g/mol. The van der Waals surface area contributed by atoms with Gasteiger partial charge in [-0.25, -0.2) is 4.39 Å². The Hall–Kier alpha value is -2.92. The molecule has 0 aliphatic rings. The van der Waals surface area contributed by atoms with E-state index in [0.717, 1.165) is 10.5 Å². The maximum atomic E-state index is 12.9. The molecule has 0 aromatic heterocycles. The first-order valence-electron chi connectivity index (χ1n) is 8.41. The Morgan fingerprint density at radius 2 is 1.70 bits per heavy atom. The van der Waals surface area contributed by atoms with E-state index in [9.17, 15) is 14.0 Å². The number of hydrogen-bond donors (Lipinski definition) is 1. The molecule has 0 radical (unpaired) electrons. The van der Waals surface area contributed by atoms with E-state index in [4.69, 9.17) is 0 Å². The summed E-state index contributed by atoms with van der Waals surface area (Å²) < 4.78 is 12.9. The van der Waals surface area contributed by atoms with E-state index in [1.54, 1.807) is 6.07 Å². The number of carbonyl (C=O) groups excluding carboxylic acids is 2. The van der Waals surface area contributed by atoms with Crippen LogP contribution in [0.2, 0.25) is 0 Å². The molecule has 1 N–H and O–H groups in total. The second-order valence-electron chi connectivity index (χ2n) is 6.02. The molecule has 3 rings (SSSR count). The van der Waals surface area contributed by atoms with Crippen LogP contribution in [-0.4, -0.2) is 17.4 Å². The summed E-state index contributed by atoms with van der Waals surface area (Å²) in [6.07, 6.45) is 0. The topological polar surface area (TPSA) is 46.2 Å². The Kier molecular flexibility index (Phi) is 6.04. The predicted molar refractivity (Wildman–Crippen MR) is 107 cm³/mol. The lowest BCUT2D eigenvalue weighted by molar-refractivity contribution is 0.101. The summed E-state index contributed by atoms with van der Waals surface area (Å²) in [4.78, 5) is 25.5. The Morgan fingerprint density at radius 1 is 0.963 bits per heavy atom. The van der Waals surface area contributed by atoms with Crippen LogP contribution >= 0.6 is 11.8 Å². The third kappa shape index (κ3) is 5.05. The second kappa shape index (κ2) is 8.64. The molecular weight excluding hydrogens is 361 g/mol. The van der Waals surface area contributed by atoms with Gasteiger partial charge < -0.3 is 5.32 Å². The van der Waals surface area contributed by atoms with E-state index in [1.807, 2.05) is 49.4 Å². The van der Waals surface area contributed by atoms with Gasteiger partial charge in [0.2, 0.25) is 0 Å². The Labute approximate surface area is 161 Å². The minimum Gasteiger partial charge on any atom is -0.322 e. The molecule has 0 unspecified atom stereocenters. The number of benzene rings is 3. The van der Waals surface area contributed by atoms with E-state index in [1.165, 1.54) is 36.0 Å². The molecule has 0 fully saturated rings. The highest BCUT2D eigenvalue weighted by atomic mass is 32.2. The molecule has 0 bridgehead atoms.